The molecular weight excluding hydrogens is 522 g/mol. The number of hydrogen-bond donors (Lipinski definition) is 1. The first-order valence-electron chi connectivity index (χ1n) is 12.3. The average molecular weight is 552 g/mol. The monoisotopic (exact) mass is 551 g/mol. The molecule has 2 aromatic heterocycles. The molecule has 12 heteroatoms. The summed E-state index contributed by atoms with van der Waals surface area (Å²) in [6, 6.07) is 18.8. The van der Waals surface area contributed by atoms with E-state index in [1.54, 1.807) is 66.7 Å². The van der Waals surface area contributed by atoms with Crippen LogP contribution in [0.5, 0.6) is 17.4 Å². The summed E-state index contributed by atoms with van der Waals surface area (Å²) in [6.45, 7) is 0. The van der Waals surface area contributed by atoms with Gasteiger partial charge in [0.15, 0.2) is 5.82 Å². The normalized spacial score (nSPS) is 13.4. The molecule has 1 N–H and O–H groups in total. The Bertz CT molecular complexity index is 1570. The molecule has 0 aliphatic heterocycles. The first kappa shape index (κ1) is 26.2. The molecule has 0 unspecified atom stereocenters. The van der Waals surface area contributed by atoms with Crippen molar-refractivity contribution in [3.8, 4) is 34.6 Å². The Morgan fingerprint density at radius 2 is 1.67 bits per heavy atom. The Morgan fingerprint density at radius 1 is 0.974 bits per heavy atom. The van der Waals surface area contributed by atoms with Gasteiger partial charge >= 0.3 is 5.91 Å². The summed E-state index contributed by atoms with van der Waals surface area (Å²) in [6.07, 6.45) is 3.14. The van der Waals surface area contributed by atoms with E-state index in [0.29, 0.717) is 34.3 Å². The van der Waals surface area contributed by atoms with Crippen molar-refractivity contribution in [3.05, 3.63) is 78.1 Å². The van der Waals surface area contributed by atoms with Gasteiger partial charge in [0.25, 0.3) is 0 Å². The van der Waals surface area contributed by atoms with Gasteiger partial charge in [0.1, 0.15) is 29.0 Å². The Kier molecular flexibility index (Phi) is 7.46. The number of nitrogens with one attached hydrogen (secondary N) is 1. The molecule has 1 aliphatic carbocycles. The Balaban J connectivity index is 0.00000370. The van der Waals surface area contributed by atoms with E-state index < -0.39 is 15.9 Å². The largest absolute Gasteiger partial charge is 0.494 e. The van der Waals surface area contributed by atoms with Gasteiger partial charge in [-0.3, -0.25) is 9.36 Å². The number of rotatable bonds is 10. The first-order chi connectivity index (χ1) is 18.9. The summed E-state index contributed by atoms with van der Waals surface area (Å²) in [5, 5.41) is 8.30. The van der Waals surface area contributed by atoms with Crippen LogP contribution in [0.25, 0.3) is 17.2 Å². The highest BCUT2D eigenvalue weighted by atomic mass is 32.2. The quantitative estimate of drug-likeness (QED) is 0.312. The van der Waals surface area contributed by atoms with Gasteiger partial charge in [0.2, 0.25) is 21.7 Å². The number of pyridine rings is 1. The van der Waals surface area contributed by atoms with Crippen molar-refractivity contribution in [2.75, 3.05) is 14.2 Å². The molecule has 0 radical (unpaired) electrons. The third-order valence-corrected chi connectivity index (χ3v) is 7.44. The van der Waals surface area contributed by atoms with Gasteiger partial charge in [-0.25, -0.2) is 18.1 Å². The molecule has 1 aliphatic rings. The number of nitrogens with zero attached hydrogens (tertiary/aromatic N) is 4. The smallest absolute Gasteiger partial charge is 0.303 e. The van der Waals surface area contributed by atoms with Crippen LogP contribution in [0.4, 0.5) is 0 Å². The molecule has 0 saturated heterocycles. The van der Waals surface area contributed by atoms with E-state index in [1.165, 1.54) is 18.8 Å². The van der Waals surface area contributed by atoms with Crippen molar-refractivity contribution in [3.63, 3.8) is 0 Å². The number of benzene rings is 2. The molecule has 1 amide bonds. The van der Waals surface area contributed by atoms with E-state index in [4.69, 9.17) is 14.2 Å². The Hall–Kier alpha value is -4.45. The maximum atomic E-state index is 13.4. The zero-order valence-corrected chi connectivity index (χ0v) is 22.2. The number of aromatic nitrogens is 4. The maximum absolute atomic E-state index is 13.4. The summed E-state index contributed by atoms with van der Waals surface area (Å²) in [5.41, 5.74) is 1.19. The van der Waals surface area contributed by atoms with E-state index in [0.717, 1.165) is 19.3 Å². The molecule has 0 spiro atoms. The predicted molar refractivity (Wildman–Crippen MR) is 145 cm³/mol. The number of ether oxygens (including phenoxy) is 3. The molecule has 5 rings (SSSR count). The van der Waals surface area contributed by atoms with Crippen LogP contribution in [-0.2, 0) is 15.8 Å². The lowest BCUT2D eigenvalue weighted by atomic mass is 9.96. The number of methoxy groups -OCH3 is 2. The van der Waals surface area contributed by atoms with Gasteiger partial charge < -0.3 is 14.2 Å². The number of carbonyl (C=O) groups is 1. The molecular formula is C27H29N5O6S. The van der Waals surface area contributed by atoms with Gasteiger partial charge in [0, 0.05) is 7.49 Å². The predicted octanol–water partition coefficient (Wildman–Crippen LogP) is 3.78. The number of para-hydroxylation sites is 1. The van der Waals surface area contributed by atoms with E-state index >= 15 is 0 Å². The van der Waals surface area contributed by atoms with Crippen molar-refractivity contribution in [2.45, 2.75) is 31.1 Å². The zero-order chi connectivity index (χ0) is 27.4. The molecule has 0 bridgehead atoms. The number of amides is 1. The van der Waals surface area contributed by atoms with Crippen molar-refractivity contribution in [1.29, 1.82) is 0 Å². The van der Waals surface area contributed by atoms with Crippen molar-refractivity contribution < 1.29 is 28.8 Å². The van der Waals surface area contributed by atoms with Crippen LogP contribution in [0.3, 0.4) is 0 Å². The fraction of sp³-hybridized carbons (Fsp3) is 0.259. The van der Waals surface area contributed by atoms with E-state index in [-0.39, 0.29) is 24.9 Å². The first-order valence-corrected chi connectivity index (χ1v) is 13.9. The molecule has 2 heterocycles. The lowest BCUT2D eigenvalue weighted by Crippen LogP contribution is -2.33. The van der Waals surface area contributed by atoms with E-state index in [9.17, 15) is 13.2 Å². The van der Waals surface area contributed by atoms with Gasteiger partial charge in [-0.1, -0.05) is 42.5 Å². The van der Waals surface area contributed by atoms with Crippen LogP contribution in [0.1, 0.15) is 36.9 Å². The topological polar surface area (TPSA) is 135 Å². The number of hydrogen-bond acceptors (Lipinski definition) is 9. The van der Waals surface area contributed by atoms with E-state index in [1.807, 2.05) is 0 Å². The molecule has 2 aromatic carbocycles. The van der Waals surface area contributed by atoms with Gasteiger partial charge in [-0.15, -0.1) is 10.2 Å². The molecule has 39 heavy (non-hydrogen) atoms. The summed E-state index contributed by atoms with van der Waals surface area (Å²) in [7, 11) is -1.12. The molecule has 4 aromatic rings. The maximum Gasteiger partial charge on any atom is 0.303 e. The minimum atomic E-state index is -4.06. The molecule has 1 saturated carbocycles. The lowest BCUT2D eigenvalue weighted by molar-refractivity contribution is 0.0969. The van der Waals surface area contributed by atoms with Crippen molar-refractivity contribution in [1.82, 2.24) is 24.5 Å². The summed E-state index contributed by atoms with van der Waals surface area (Å²) in [5.74, 6) is -0.383. The third kappa shape index (κ3) is 5.70. The SMILES string of the molecule is COc1cccc(OC)c1-n1c(C(=O)NS(=O)(=O)Cc2ccccc2)nnc1-c1cccc(OC2CCC2)n1.[HH]. The fourth-order valence-corrected chi connectivity index (χ4v) is 5.22. The minimum absolute atomic E-state index is 0. The Labute approximate surface area is 227 Å². The lowest BCUT2D eigenvalue weighted by Gasteiger charge is -2.25. The van der Waals surface area contributed by atoms with Crippen molar-refractivity contribution in [2.24, 2.45) is 0 Å². The average Bonchev–Trinajstić information content (AvgIpc) is 3.35. The van der Waals surface area contributed by atoms with E-state index in [2.05, 4.69) is 19.9 Å². The summed E-state index contributed by atoms with van der Waals surface area (Å²) in [4.78, 5) is 18.0. The molecule has 1 fully saturated rings. The van der Waals surface area contributed by atoms with Crippen LogP contribution < -0.4 is 18.9 Å². The van der Waals surface area contributed by atoms with Gasteiger partial charge in [-0.2, -0.15) is 0 Å². The number of carbonyl (C=O) groups excluding carboxylic acids is 1. The van der Waals surface area contributed by atoms with Crippen LogP contribution in [0.15, 0.2) is 66.7 Å². The van der Waals surface area contributed by atoms with Gasteiger partial charge in [0.05, 0.1) is 20.0 Å². The highest BCUT2D eigenvalue weighted by molar-refractivity contribution is 7.89. The molecule has 11 nitrogen and oxygen atoms in total. The summed E-state index contributed by atoms with van der Waals surface area (Å²) < 4.78 is 46.3. The molecule has 204 valence electrons. The second kappa shape index (κ2) is 11.1. The fourth-order valence-electron chi connectivity index (χ4n) is 4.14. The highest BCUT2D eigenvalue weighted by Crippen LogP contribution is 2.36. The second-order valence-electron chi connectivity index (χ2n) is 8.90. The number of sulfonamides is 1. The standard InChI is InChI=1S/C27H27N5O6S.H2/c1-36-21-14-8-15-22(37-2)24(21)32-25(20-13-7-16-23(28-20)38-19-11-6-12-19)29-30-26(32)27(33)31-39(34,35)17-18-9-4-3-5-10-18;/h3-5,7-10,13-16,19H,6,11-12,17H2,1-2H3,(H,31,33);1H. The van der Waals surface area contributed by atoms with Crippen LogP contribution >= 0.6 is 0 Å². The summed E-state index contributed by atoms with van der Waals surface area (Å²) >= 11 is 0. The Morgan fingerprint density at radius 3 is 2.31 bits per heavy atom. The van der Waals surface area contributed by atoms with Crippen molar-refractivity contribution >= 4 is 15.9 Å². The third-order valence-electron chi connectivity index (χ3n) is 6.23. The second-order valence-corrected chi connectivity index (χ2v) is 10.6. The zero-order valence-electron chi connectivity index (χ0n) is 21.4. The highest BCUT2D eigenvalue weighted by Gasteiger charge is 2.29. The van der Waals surface area contributed by atoms with Crippen LogP contribution in [0.2, 0.25) is 0 Å². The van der Waals surface area contributed by atoms with Gasteiger partial charge in [-0.05, 0) is 43.0 Å². The minimum Gasteiger partial charge on any atom is -0.494 e. The van der Waals surface area contributed by atoms with Crippen LogP contribution in [0, 0.1) is 0 Å². The van der Waals surface area contributed by atoms with Crippen LogP contribution in [-0.4, -0.2) is 54.4 Å². The molecule has 0 atom stereocenters.